The summed E-state index contributed by atoms with van der Waals surface area (Å²) < 4.78 is 5.31. The molecule has 2 saturated heterocycles. The second kappa shape index (κ2) is 5.62. The summed E-state index contributed by atoms with van der Waals surface area (Å²) in [6.45, 7) is 9.14. The first kappa shape index (κ1) is 15.2. The Bertz CT molecular complexity index is 588. The molecule has 1 atom stereocenters. The largest absolute Gasteiger partial charge is 0.361 e. The van der Waals surface area contributed by atoms with E-state index in [-0.39, 0.29) is 0 Å². The molecule has 0 N–H and O–H groups in total. The predicted molar refractivity (Wildman–Crippen MR) is 86.8 cm³/mol. The highest BCUT2D eigenvalue weighted by Crippen LogP contribution is 2.41. The van der Waals surface area contributed by atoms with Crippen LogP contribution in [-0.2, 0) is 11.3 Å². The maximum Gasteiger partial charge on any atom is 0.225 e. The Hall–Kier alpha value is -1.36. The van der Waals surface area contributed by atoms with Gasteiger partial charge in [-0.05, 0) is 52.5 Å². The van der Waals surface area contributed by atoms with Crippen LogP contribution in [-0.4, -0.2) is 47.0 Å². The lowest BCUT2D eigenvalue weighted by molar-refractivity contribution is -0.132. The lowest BCUT2D eigenvalue weighted by Crippen LogP contribution is -2.45. The van der Waals surface area contributed by atoms with E-state index in [0.29, 0.717) is 17.2 Å². The van der Waals surface area contributed by atoms with Gasteiger partial charge in [-0.1, -0.05) is 5.16 Å². The molecule has 1 spiro atoms. The second-order valence-electron chi connectivity index (χ2n) is 7.90. The van der Waals surface area contributed by atoms with E-state index in [1.54, 1.807) is 0 Å². The maximum absolute atomic E-state index is 12.4. The average molecular weight is 317 g/mol. The summed E-state index contributed by atoms with van der Waals surface area (Å²) in [5, 5.41) is 4.08. The molecule has 0 radical (unpaired) electrons. The van der Waals surface area contributed by atoms with Crippen molar-refractivity contribution in [3.63, 3.8) is 0 Å². The van der Waals surface area contributed by atoms with Gasteiger partial charge < -0.3 is 9.42 Å². The summed E-state index contributed by atoms with van der Waals surface area (Å²) in [6.07, 6.45) is 5.89. The molecule has 0 bridgehead atoms. The number of rotatable bonds is 3. The highest BCUT2D eigenvalue weighted by molar-refractivity contribution is 5.81. The van der Waals surface area contributed by atoms with E-state index < -0.39 is 0 Å². The SMILES string of the molecule is Cc1noc(C)c1CN1CCC[C@]2(CCN(C(=O)C3CC3)C2)C1. The molecule has 0 aromatic carbocycles. The van der Waals surface area contributed by atoms with Gasteiger partial charge in [0.05, 0.1) is 5.69 Å². The zero-order valence-corrected chi connectivity index (χ0v) is 14.3. The molecule has 2 aliphatic heterocycles. The number of aryl methyl sites for hydroxylation is 2. The quantitative estimate of drug-likeness (QED) is 0.859. The number of nitrogens with zero attached hydrogens (tertiary/aromatic N) is 3. The number of likely N-dealkylation sites (tertiary alicyclic amines) is 2. The van der Waals surface area contributed by atoms with E-state index in [0.717, 1.165) is 57.0 Å². The number of piperidine rings is 1. The molecule has 1 aliphatic carbocycles. The van der Waals surface area contributed by atoms with Crippen LogP contribution >= 0.6 is 0 Å². The fourth-order valence-corrected chi connectivity index (χ4v) is 4.44. The molecule has 126 valence electrons. The molecule has 3 fully saturated rings. The van der Waals surface area contributed by atoms with Gasteiger partial charge in [-0.3, -0.25) is 9.69 Å². The molecule has 1 amide bonds. The van der Waals surface area contributed by atoms with Crippen molar-refractivity contribution in [3.05, 3.63) is 17.0 Å². The Morgan fingerprint density at radius 3 is 2.78 bits per heavy atom. The van der Waals surface area contributed by atoms with E-state index in [1.165, 1.54) is 24.8 Å². The van der Waals surface area contributed by atoms with Crippen molar-refractivity contribution in [1.29, 1.82) is 0 Å². The van der Waals surface area contributed by atoms with Gasteiger partial charge in [-0.15, -0.1) is 0 Å². The molecule has 5 heteroatoms. The number of carbonyl (C=O) groups is 1. The Morgan fingerprint density at radius 1 is 1.26 bits per heavy atom. The van der Waals surface area contributed by atoms with Crippen LogP contribution in [0.5, 0.6) is 0 Å². The van der Waals surface area contributed by atoms with Crippen LogP contribution in [0.3, 0.4) is 0 Å². The fourth-order valence-electron chi connectivity index (χ4n) is 4.44. The van der Waals surface area contributed by atoms with Crippen LogP contribution < -0.4 is 0 Å². The third-order valence-electron chi connectivity index (χ3n) is 5.98. The minimum Gasteiger partial charge on any atom is -0.361 e. The highest BCUT2D eigenvalue weighted by Gasteiger charge is 2.45. The molecule has 4 rings (SSSR count). The van der Waals surface area contributed by atoms with Crippen molar-refractivity contribution < 1.29 is 9.32 Å². The van der Waals surface area contributed by atoms with Crippen molar-refractivity contribution in [1.82, 2.24) is 15.0 Å². The molecular weight excluding hydrogens is 290 g/mol. The van der Waals surface area contributed by atoms with Gasteiger partial charge in [0, 0.05) is 43.1 Å². The van der Waals surface area contributed by atoms with Crippen LogP contribution in [0.25, 0.3) is 0 Å². The Kier molecular flexibility index (Phi) is 3.71. The normalized spacial score (nSPS) is 28.7. The fraction of sp³-hybridized carbons (Fsp3) is 0.778. The molecular formula is C18H27N3O2. The van der Waals surface area contributed by atoms with Crippen molar-refractivity contribution in [3.8, 4) is 0 Å². The number of amides is 1. The number of aromatic nitrogens is 1. The smallest absolute Gasteiger partial charge is 0.225 e. The van der Waals surface area contributed by atoms with Gasteiger partial charge in [-0.2, -0.15) is 0 Å². The third kappa shape index (κ3) is 2.91. The van der Waals surface area contributed by atoms with Crippen LogP contribution in [0.2, 0.25) is 0 Å². The number of hydrogen-bond donors (Lipinski definition) is 0. The van der Waals surface area contributed by atoms with E-state index in [4.69, 9.17) is 4.52 Å². The molecule has 3 aliphatic rings. The molecule has 5 nitrogen and oxygen atoms in total. The number of hydrogen-bond acceptors (Lipinski definition) is 4. The minimum absolute atomic E-state index is 0.321. The zero-order chi connectivity index (χ0) is 16.0. The first-order valence-corrected chi connectivity index (χ1v) is 8.99. The molecule has 3 heterocycles. The van der Waals surface area contributed by atoms with Gasteiger partial charge in [0.25, 0.3) is 0 Å². The molecule has 1 saturated carbocycles. The molecule has 1 aromatic rings. The minimum atomic E-state index is 0.321. The van der Waals surface area contributed by atoms with Gasteiger partial charge in [-0.25, -0.2) is 0 Å². The monoisotopic (exact) mass is 317 g/mol. The maximum atomic E-state index is 12.4. The van der Waals surface area contributed by atoms with Crippen LogP contribution in [0, 0.1) is 25.2 Å². The zero-order valence-electron chi connectivity index (χ0n) is 14.3. The van der Waals surface area contributed by atoms with Gasteiger partial charge in [0.1, 0.15) is 5.76 Å². The van der Waals surface area contributed by atoms with Crippen molar-refractivity contribution in [2.24, 2.45) is 11.3 Å². The van der Waals surface area contributed by atoms with Crippen LogP contribution in [0.15, 0.2) is 4.52 Å². The first-order chi connectivity index (χ1) is 11.1. The summed E-state index contributed by atoms with van der Waals surface area (Å²) in [7, 11) is 0. The lowest BCUT2D eigenvalue weighted by Gasteiger charge is -2.40. The number of carbonyl (C=O) groups excluding carboxylic acids is 1. The summed E-state index contributed by atoms with van der Waals surface area (Å²) in [6, 6.07) is 0. The lowest BCUT2D eigenvalue weighted by atomic mass is 9.79. The second-order valence-corrected chi connectivity index (χ2v) is 7.90. The van der Waals surface area contributed by atoms with E-state index in [2.05, 4.69) is 15.0 Å². The predicted octanol–water partition coefficient (Wildman–Crippen LogP) is 2.52. The molecule has 23 heavy (non-hydrogen) atoms. The van der Waals surface area contributed by atoms with Crippen LogP contribution in [0.1, 0.15) is 49.1 Å². The topological polar surface area (TPSA) is 49.6 Å². The average Bonchev–Trinajstić information content (AvgIpc) is 3.25. The van der Waals surface area contributed by atoms with Gasteiger partial charge in [0.15, 0.2) is 0 Å². The van der Waals surface area contributed by atoms with E-state index in [9.17, 15) is 4.79 Å². The van der Waals surface area contributed by atoms with Gasteiger partial charge >= 0.3 is 0 Å². The van der Waals surface area contributed by atoms with Gasteiger partial charge in [0.2, 0.25) is 5.91 Å². The molecule has 0 unspecified atom stereocenters. The summed E-state index contributed by atoms with van der Waals surface area (Å²) in [5.74, 6) is 1.72. The standard InChI is InChI=1S/C18H27N3O2/c1-13-16(14(2)23-19-13)10-20-8-3-6-18(11-20)7-9-21(12-18)17(22)15-4-5-15/h15H,3-12H2,1-2H3/t18-/m0/s1. The van der Waals surface area contributed by atoms with Crippen molar-refractivity contribution >= 4 is 5.91 Å². The first-order valence-electron chi connectivity index (χ1n) is 8.99. The summed E-state index contributed by atoms with van der Waals surface area (Å²) >= 11 is 0. The van der Waals surface area contributed by atoms with Crippen molar-refractivity contribution in [2.45, 2.75) is 52.5 Å². The Labute approximate surface area is 138 Å². The Morgan fingerprint density at radius 2 is 2.09 bits per heavy atom. The summed E-state index contributed by atoms with van der Waals surface area (Å²) in [5.41, 5.74) is 2.58. The molecule has 1 aromatic heterocycles. The third-order valence-corrected chi connectivity index (χ3v) is 5.98. The van der Waals surface area contributed by atoms with Crippen molar-refractivity contribution in [2.75, 3.05) is 26.2 Å². The van der Waals surface area contributed by atoms with E-state index in [1.807, 2.05) is 13.8 Å². The summed E-state index contributed by atoms with van der Waals surface area (Å²) in [4.78, 5) is 17.0. The highest BCUT2D eigenvalue weighted by atomic mass is 16.5. The Balaban J connectivity index is 1.42. The van der Waals surface area contributed by atoms with Crippen LogP contribution in [0.4, 0.5) is 0 Å². The van der Waals surface area contributed by atoms with E-state index >= 15 is 0 Å².